The van der Waals surface area contributed by atoms with Crippen LogP contribution in [0.15, 0.2) is 48.8 Å². The minimum Gasteiger partial charge on any atom is -0.320 e. The van der Waals surface area contributed by atoms with E-state index in [-0.39, 0.29) is 11.7 Å². The molecule has 0 bridgehead atoms. The second-order valence-electron chi connectivity index (χ2n) is 4.51. The average molecular weight is 269 g/mol. The van der Waals surface area contributed by atoms with Gasteiger partial charge >= 0.3 is 0 Å². The van der Waals surface area contributed by atoms with E-state index in [1.807, 2.05) is 24.4 Å². The summed E-state index contributed by atoms with van der Waals surface area (Å²) in [6, 6.07) is 9.78. The van der Waals surface area contributed by atoms with Gasteiger partial charge in [-0.1, -0.05) is 12.1 Å². The van der Waals surface area contributed by atoms with Gasteiger partial charge in [-0.25, -0.2) is 9.37 Å². The molecule has 5 heteroatoms. The van der Waals surface area contributed by atoms with Crippen molar-refractivity contribution in [3.63, 3.8) is 0 Å². The number of benzene rings is 1. The maximum atomic E-state index is 13.2. The van der Waals surface area contributed by atoms with Crippen LogP contribution >= 0.6 is 0 Å². The number of carbonyl (C=O) groups excluding carboxylic acids is 1. The first kappa shape index (κ1) is 12.3. The molecule has 1 aromatic carbocycles. The summed E-state index contributed by atoms with van der Waals surface area (Å²) in [6.07, 6.45) is 3.45. The lowest BCUT2D eigenvalue weighted by atomic mass is 10.2. The van der Waals surface area contributed by atoms with Crippen molar-refractivity contribution in [2.24, 2.45) is 0 Å². The smallest absolute Gasteiger partial charge is 0.275 e. The van der Waals surface area contributed by atoms with E-state index in [9.17, 15) is 9.18 Å². The molecule has 0 radical (unpaired) electrons. The SMILES string of the molecule is Cc1ccc(F)cc1NC(=O)c1cn2ccccc2n1. The van der Waals surface area contributed by atoms with E-state index < -0.39 is 0 Å². The number of imidazole rings is 1. The molecule has 0 aliphatic heterocycles. The molecular weight excluding hydrogens is 257 g/mol. The van der Waals surface area contributed by atoms with E-state index in [1.165, 1.54) is 12.1 Å². The largest absolute Gasteiger partial charge is 0.320 e. The van der Waals surface area contributed by atoms with E-state index in [1.54, 1.807) is 23.6 Å². The molecule has 0 fully saturated rings. The molecule has 0 saturated carbocycles. The number of fused-ring (bicyclic) bond motifs is 1. The number of carbonyl (C=O) groups is 1. The molecule has 1 N–H and O–H groups in total. The van der Waals surface area contributed by atoms with Crippen LogP contribution < -0.4 is 5.32 Å². The Bertz CT molecular complexity index is 762. The molecule has 0 aliphatic rings. The Morgan fingerprint density at radius 2 is 2.15 bits per heavy atom. The fourth-order valence-corrected chi connectivity index (χ4v) is 1.96. The van der Waals surface area contributed by atoms with Gasteiger partial charge in [0.25, 0.3) is 5.91 Å². The van der Waals surface area contributed by atoms with Crippen molar-refractivity contribution in [2.75, 3.05) is 5.32 Å². The molecular formula is C15H12FN3O. The molecule has 3 aromatic rings. The van der Waals surface area contributed by atoms with E-state index in [0.29, 0.717) is 17.0 Å². The molecule has 2 aromatic heterocycles. The molecule has 1 amide bonds. The lowest BCUT2D eigenvalue weighted by Gasteiger charge is -2.06. The van der Waals surface area contributed by atoms with Crippen molar-refractivity contribution >= 4 is 17.2 Å². The van der Waals surface area contributed by atoms with Gasteiger partial charge in [0.1, 0.15) is 17.2 Å². The zero-order valence-electron chi connectivity index (χ0n) is 10.8. The van der Waals surface area contributed by atoms with Gasteiger partial charge in [-0.3, -0.25) is 4.79 Å². The minimum absolute atomic E-state index is 0.292. The van der Waals surface area contributed by atoms with Gasteiger partial charge in [0.15, 0.2) is 0 Å². The third kappa shape index (κ3) is 2.25. The summed E-state index contributed by atoms with van der Waals surface area (Å²) >= 11 is 0. The highest BCUT2D eigenvalue weighted by Crippen LogP contribution is 2.17. The molecule has 0 unspecified atom stereocenters. The van der Waals surface area contributed by atoms with Crippen molar-refractivity contribution in [1.82, 2.24) is 9.38 Å². The highest BCUT2D eigenvalue weighted by Gasteiger charge is 2.12. The molecule has 0 aliphatic carbocycles. The fourth-order valence-electron chi connectivity index (χ4n) is 1.96. The summed E-state index contributed by atoms with van der Waals surface area (Å²) in [5, 5.41) is 2.67. The Kier molecular flexibility index (Phi) is 2.95. The molecule has 2 heterocycles. The topological polar surface area (TPSA) is 46.4 Å². The fraction of sp³-hybridized carbons (Fsp3) is 0.0667. The highest BCUT2D eigenvalue weighted by atomic mass is 19.1. The number of hydrogen-bond acceptors (Lipinski definition) is 2. The lowest BCUT2D eigenvalue weighted by molar-refractivity contribution is 0.102. The summed E-state index contributed by atoms with van der Waals surface area (Å²) in [5.74, 6) is -0.747. The summed E-state index contributed by atoms with van der Waals surface area (Å²) in [5.41, 5.74) is 2.23. The third-order valence-corrected chi connectivity index (χ3v) is 3.04. The zero-order valence-corrected chi connectivity index (χ0v) is 10.8. The Labute approximate surface area is 114 Å². The summed E-state index contributed by atoms with van der Waals surface area (Å²) < 4.78 is 15.0. The molecule has 100 valence electrons. The van der Waals surface area contributed by atoms with Gasteiger partial charge in [-0.15, -0.1) is 0 Å². The van der Waals surface area contributed by atoms with Gasteiger partial charge in [0.05, 0.1) is 0 Å². The Morgan fingerprint density at radius 1 is 1.30 bits per heavy atom. The first-order chi connectivity index (χ1) is 9.63. The number of anilines is 1. The Morgan fingerprint density at radius 3 is 2.95 bits per heavy atom. The average Bonchev–Trinajstić information content (AvgIpc) is 2.87. The molecule has 4 nitrogen and oxygen atoms in total. The van der Waals surface area contributed by atoms with Gasteiger partial charge < -0.3 is 9.72 Å². The first-order valence-corrected chi connectivity index (χ1v) is 6.15. The van der Waals surface area contributed by atoms with E-state index in [2.05, 4.69) is 10.3 Å². The maximum absolute atomic E-state index is 13.2. The van der Waals surface area contributed by atoms with Gasteiger partial charge in [-0.05, 0) is 36.8 Å². The predicted octanol–water partition coefficient (Wildman–Crippen LogP) is 3.03. The van der Waals surface area contributed by atoms with E-state index in [0.717, 1.165) is 5.56 Å². The van der Waals surface area contributed by atoms with Gasteiger partial charge in [-0.2, -0.15) is 0 Å². The minimum atomic E-state index is -0.388. The number of rotatable bonds is 2. The van der Waals surface area contributed by atoms with Crippen LogP contribution in [0.3, 0.4) is 0 Å². The second kappa shape index (κ2) is 4.77. The number of nitrogens with zero attached hydrogens (tertiary/aromatic N) is 2. The first-order valence-electron chi connectivity index (χ1n) is 6.15. The quantitative estimate of drug-likeness (QED) is 0.777. The predicted molar refractivity (Wildman–Crippen MR) is 74.3 cm³/mol. The van der Waals surface area contributed by atoms with Crippen LogP contribution in [-0.2, 0) is 0 Å². The van der Waals surface area contributed by atoms with Crippen molar-refractivity contribution in [3.05, 3.63) is 65.9 Å². The van der Waals surface area contributed by atoms with Gasteiger partial charge in [0, 0.05) is 18.1 Å². The van der Waals surface area contributed by atoms with Crippen molar-refractivity contribution in [2.45, 2.75) is 6.92 Å². The number of aromatic nitrogens is 2. The van der Waals surface area contributed by atoms with E-state index in [4.69, 9.17) is 0 Å². The zero-order chi connectivity index (χ0) is 14.1. The number of nitrogens with one attached hydrogen (secondary N) is 1. The second-order valence-corrected chi connectivity index (χ2v) is 4.51. The number of halogens is 1. The lowest BCUT2D eigenvalue weighted by Crippen LogP contribution is -2.13. The molecule has 20 heavy (non-hydrogen) atoms. The number of amides is 1. The van der Waals surface area contributed by atoms with Crippen LogP contribution in [0.2, 0.25) is 0 Å². The van der Waals surface area contributed by atoms with Crippen LogP contribution in [0.5, 0.6) is 0 Å². The molecule has 0 atom stereocenters. The Hall–Kier alpha value is -2.69. The van der Waals surface area contributed by atoms with Crippen molar-refractivity contribution < 1.29 is 9.18 Å². The van der Waals surface area contributed by atoms with Crippen LogP contribution in [0, 0.1) is 12.7 Å². The van der Waals surface area contributed by atoms with Crippen molar-refractivity contribution in [3.8, 4) is 0 Å². The van der Waals surface area contributed by atoms with Crippen LogP contribution in [0.1, 0.15) is 16.1 Å². The highest BCUT2D eigenvalue weighted by molar-refractivity contribution is 6.03. The number of hydrogen-bond donors (Lipinski definition) is 1. The summed E-state index contributed by atoms with van der Waals surface area (Å²) in [6.45, 7) is 1.80. The Balaban J connectivity index is 1.90. The standard InChI is InChI=1S/C15H12FN3O/c1-10-5-6-11(16)8-12(10)18-15(20)13-9-19-7-3-2-4-14(19)17-13/h2-9H,1H3,(H,18,20). The molecule has 3 rings (SSSR count). The monoisotopic (exact) mass is 269 g/mol. The van der Waals surface area contributed by atoms with Gasteiger partial charge in [0.2, 0.25) is 0 Å². The number of pyridine rings is 1. The molecule has 0 spiro atoms. The van der Waals surface area contributed by atoms with Crippen LogP contribution in [0.4, 0.5) is 10.1 Å². The summed E-state index contributed by atoms with van der Waals surface area (Å²) in [4.78, 5) is 16.4. The van der Waals surface area contributed by atoms with Crippen LogP contribution in [-0.4, -0.2) is 15.3 Å². The third-order valence-electron chi connectivity index (χ3n) is 3.04. The normalized spacial score (nSPS) is 10.7. The maximum Gasteiger partial charge on any atom is 0.275 e. The summed E-state index contributed by atoms with van der Waals surface area (Å²) in [7, 11) is 0. The number of aryl methyl sites for hydroxylation is 1. The van der Waals surface area contributed by atoms with Crippen molar-refractivity contribution in [1.29, 1.82) is 0 Å². The molecule has 0 saturated heterocycles. The van der Waals surface area contributed by atoms with Crippen LogP contribution in [0.25, 0.3) is 5.65 Å². The van der Waals surface area contributed by atoms with E-state index >= 15 is 0 Å².